The van der Waals surface area contributed by atoms with Crippen LogP contribution in [0.3, 0.4) is 0 Å². The molecule has 0 amide bonds. The fourth-order valence-corrected chi connectivity index (χ4v) is 2.97. The van der Waals surface area contributed by atoms with Crippen LogP contribution in [0.4, 0.5) is 15.8 Å². The van der Waals surface area contributed by atoms with Crippen LogP contribution in [0.2, 0.25) is 0 Å². The molecule has 21 heavy (non-hydrogen) atoms. The topological polar surface area (TPSA) is 53.0 Å². The molecular weight excluding hydrogens is 265 g/mol. The Hall–Kier alpha value is -2.38. The Balaban J connectivity index is 2.03. The molecule has 2 aromatic carbocycles. The third-order valence-electron chi connectivity index (χ3n) is 3.95. The number of rotatable bonds is 3. The van der Waals surface area contributed by atoms with Crippen molar-refractivity contribution >= 4 is 11.4 Å². The third kappa shape index (κ3) is 2.37. The number of fused-ring (bicyclic) bond motifs is 1. The minimum Gasteiger partial charge on any atom is -0.338 e. The molecule has 3 nitrogen and oxygen atoms in total. The second-order valence-electron chi connectivity index (χ2n) is 5.22. The summed E-state index contributed by atoms with van der Waals surface area (Å²) in [7, 11) is 0. The van der Waals surface area contributed by atoms with Crippen molar-refractivity contribution in [1.82, 2.24) is 0 Å². The zero-order valence-electron chi connectivity index (χ0n) is 11.6. The first-order valence-electron chi connectivity index (χ1n) is 7.00. The summed E-state index contributed by atoms with van der Waals surface area (Å²) in [6.07, 6.45) is 0.880. The standard InChI is InChI=1S/C17H16FN3/c18-15-9-12(10-20)5-6-17(15)21-11-13(7-8-19)14-3-1-2-4-16(14)21/h1-6,9,13H,7-8,11,19H2. The molecule has 4 heteroatoms. The van der Waals surface area contributed by atoms with E-state index in [1.807, 2.05) is 29.2 Å². The van der Waals surface area contributed by atoms with Crippen molar-refractivity contribution < 1.29 is 4.39 Å². The minimum atomic E-state index is -0.364. The highest BCUT2D eigenvalue weighted by Crippen LogP contribution is 2.42. The Morgan fingerprint density at radius 1 is 1.24 bits per heavy atom. The highest BCUT2D eigenvalue weighted by atomic mass is 19.1. The van der Waals surface area contributed by atoms with Crippen LogP contribution in [0, 0.1) is 17.1 Å². The molecule has 0 saturated heterocycles. The first kappa shape index (κ1) is 13.6. The molecule has 0 saturated carbocycles. The van der Waals surface area contributed by atoms with Crippen LogP contribution in [-0.4, -0.2) is 13.1 Å². The largest absolute Gasteiger partial charge is 0.338 e. The maximum absolute atomic E-state index is 14.3. The second kappa shape index (κ2) is 5.55. The molecule has 1 aliphatic heterocycles. The number of hydrogen-bond donors (Lipinski definition) is 1. The Labute approximate surface area is 123 Å². The SMILES string of the molecule is N#Cc1ccc(N2CC(CCN)c3ccccc32)c(F)c1. The van der Waals surface area contributed by atoms with E-state index in [-0.39, 0.29) is 5.82 Å². The van der Waals surface area contributed by atoms with Gasteiger partial charge in [-0.3, -0.25) is 0 Å². The van der Waals surface area contributed by atoms with E-state index in [0.29, 0.717) is 23.7 Å². The molecule has 0 fully saturated rings. The average Bonchev–Trinajstić information content (AvgIpc) is 2.86. The van der Waals surface area contributed by atoms with Crippen molar-refractivity contribution in [3.63, 3.8) is 0 Å². The normalized spacial score (nSPS) is 16.6. The Morgan fingerprint density at radius 3 is 2.76 bits per heavy atom. The molecule has 0 aliphatic carbocycles. The number of nitrogens with zero attached hydrogens (tertiary/aromatic N) is 2. The van der Waals surface area contributed by atoms with Gasteiger partial charge < -0.3 is 10.6 Å². The summed E-state index contributed by atoms with van der Waals surface area (Å²) in [5, 5.41) is 8.84. The molecule has 0 radical (unpaired) electrons. The molecule has 0 bridgehead atoms. The number of nitriles is 1. The number of halogens is 1. The third-order valence-corrected chi connectivity index (χ3v) is 3.95. The number of nitrogens with two attached hydrogens (primary N) is 1. The summed E-state index contributed by atoms with van der Waals surface area (Å²) in [6, 6.07) is 14.6. The van der Waals surface area contributed by atoms with E-state index < -0.39 is 0 Å². The van der Waals surface area contributed by atoms with Crippen LogP contribution in [0.25, 0.3) is 0 Å². The molecule has 1 unspecified atom stereocenters. The number of para-hydroxylation sites is 1. The Morgan fingerprint density at radius 2 is 2.05 bits per heavy atom. The number of anilines is 2. The van der Waals surface area contributed by atoms with Gasteiger partial charge in [-0.1, -0.05) is 18.2 Å². The smallest absolute Gasteiger partial charge is 0.148 e. The fraction of sp³-hybridized carbons (Fsp3) is 0.235. The Bertz CT molecular complexity index is 705. The van der Waals surface area contributed by atoms with Gasteiger partial charge in [0.2, 0.25) is 0 Å². The lowest BCUT2D eigenvalue weighted by Gasteiger charge is -2.21. The number of benzene rings is 2. The maximum atomic E-state index is 14.3. The molecule has 0 aromatic heterocycles. The van der Waals surface area contributed by atoms with Gasteiger partial charge >= 0.3 is 0 Å². The van der Waals surface area contributed by atoms with Crippen molar-refractivity contribution in [3.05, 3.63) is 59.4 Å². The lowest BCUT2D eigenvalue weighted by molar-refractivity contribution is 0.618. The molecule has 1 atom stereocenters. The fourth-order valence-electron chi connectivity index (χ4n) is 2.97. The molecule has 1 heterocycles. The number of hydrogen-bond acceptors (Lipinski definition) is 3. The Kier molecular flexibility index (Phi) is 3.59. The predicted octanol–water partition coefficient (Wildman–Crippen LogP) is 3.28. The molecule has 0 spiro atoms. The highest BCUT2D eigenvalue weighted by molar-refractivity contribution is 5.71. The lowest BCUT2D eigenvalue weighted by Crippen LogP contribution is -2.18. The molecule has 2 aromatic rings. The molecular formula is C17H16FN3. The van der Waals surface area contributed by atoms with E-state index >= 15 is 0 Å². The van der Waals surface area contributed by atoms with Crippen molar-refractivity contribution in [3.8, 4) is 6.07 Å². The zero-order valence-corrected chi connectivity index (χ0v) is 11.6. The van der Waals surface area contributed by atoms with Crippen LogP contribution in [0.5, 0.6) is 0 Å². The van der Waals surface area contributed by atoms with Crippen molar-refractivity contribution in [1.29, 1.82) is 5.26 Å². The van der Waals surface area contributed by atoms with Crippen molar-refractivity contribution in [2.24, 2.45) is 5.73 Å². The summed E-state index contributed by atoms with van der Waals surface area (Å²) in [4.78, 5) is 1.98. The summed E-state index contributed by atoms with van der Waals surface area (Å²) >= 11 is 0. The van der Waals surface area contributed by atoms with Crippen molar-refractivity contribution in [2.75, 3.05) is 18.0 Å². The highest BCUT2D eigenvalue weighted by Gasteiger charge is 2.29. The first-order valence-corrected chi connectivity index (χ1v) is 7.00. The van der Waals surface area contributed by atoms with E-state index in [9.17, 15) is 4.39 Å². The van der Waals surface area contributed by atoms with Crippen LogP contribution < -0.4 is 10.6 Å². The molecule has 3 rings (SSSR count). The quantitative estimate of drug-likeness (QED) is 0.939. The van der Waals surface area contributed by atoms with Gasteiger partial charge in [-0.15, -0.1) is 0 Å². The van der Waals surface area contributed by atoms with Gasteiger partial charge in [0.25, 0.3) is 0 Å². The van der Waals surface area contributed by atoms with Crippen LogP contribution in [0.15, 0.2) is 42.5 Å². The van der Waals surface area contributed by atoms with Gasteiger partial charge in [-0.2, -0.15) is 5.26 Å². The van der Waals surface area contributed by atoms with E-state index in [1.165, 1.54) is 11.6 Å². The van der Waals surface area contributed by atoms with Gasteiger partial charge in [0.15, 0.2) is 0 Å². The van der Waals surface area contributed by atoms with E-state index in [2.05, 4.69) is 6.07 Å². The summed E-state index contributed by atoms with van der Waals surface area (Å²) in [5.41, 5.74) is 8.78. The van der Waals surface area contributed by atoms with Gasteiger partial charge in [0.1, 0.15) is 5.82 Å². The van der Waals surface area contributed by atoms with Gasteiger partial charge in [-0.05, 0) is 42.8 Å². The van der Waals surface area contributed by atoms with Crippen LogP contribution >= 0.6 is 0 Å². The average molecular weight is 281 g/mol. The first-order chi connectivity index (χ1) is 10.2. The molecule has 106 valence electrons. The van der Waals surface area contributed by atoms with E-state index in [1.54, 1.807) is 12.1 Å². The lowest BCUT2D eigenvalue weighted by atomic mass is 9.98. The zero-order chi connectivity index (χ0) is 14.8. The summed E-state index contributed by atoms with van der Waals surface area (Å²) < 4.78 is 14.3. The van der Waals surface area contributed by atoms with E-state index in [4.69, 9.17) is 11.0 Å². The summed E-state index contributed by atoms with van der Waals surface area (Å²) in [6.45, 7) is 1.34. The van der Waals surface area contributed by atoms with Gasteiger partial charge in [-0.25, -0.2) is 4.39 Å². The van der Waals surface area contributed by atoms with Crippen LogP contribution in [0.1, 0.15) is 23.5 Å². The second-order valence-corrected chi connectivity index (χ2v) is 5.22. The molecule has 1 aliphatic rings. The van der Waals surface area contributed by atoms with Crippen LogP contribution in [-0.2, 0) is 0 Å². The predicted molar refractivity (Wildman–Crippen MR) is 81.0 cm³/mol. The summed E-state index contributed by atoms with van der Waals surface area (Å²) in [5.74, 6) is -0.0431. The van der Waals surface area contributed by atoms with Crippen molar-refractivity contribution in [2.45, 2.75) is 12.3 Å². The van der Waals surface area contributed by atoms with Gasteiger partial charge in [0.05, 0.1) is 17.3 Å². The van der Waals surface area contributed by atoms with Gasteiger partial charge in [0, 0.05) is 18.2 Å². The molecule has 2 N–H and O–H groups in total. The minimum absolute atomic E-state index is 0.321. The monoisotopic (exact) mass is 281 g/mol. The maximum Gasteiger partial charge on any atom is 0.148 e. The van der Waals surface area contributed by atoms with E-state index in [0.717, 1.165) is 18.7 Å².